The van der Waals surface area contributed by atoms with Gasteiger partial charge in [0.2, 0.25) is 0 Å². The normalized spacial score (nSPS) is 12.7. The molecule has 128 valence electrons. The molecular weight excluding hydrogens is 360 g/mol. The third-order valence-electron chi connectivity index (χ3n) is 3.73. The maximum atomic E-state index is 11.2. The molecule has 25 heavy (non-hydrogen) atoms. The van der Waals surface area contributed by atoms with Crippen LogP contribution in [0.4, 0.5) is 0 Å². The summed E-state index contributed by atoms with van der Waals surface area (Å²) in [4.78, 5) is 0.0673. The van der Waals surface area contributed by atoms with Crippen LogP contribution in [0.5, 0.6) is 0 Å². The molecule has 3 aromatic rings. The van der Waals surface area contributed by atoms with Crippen molar-refractivity contribution < 1.29 is 21.7 Å². The number of benzene rings is 3. The Morgan fingerprint density at radius 1 is 0.760 bits per heavy atom. The van der Waals surface area contributed by atoms with Crippen molar-refractivity contribution in [3.8, 4) is 22.3 Å². The summed E-state index contributed by atoms with van der Waals surface area (Å²) in [7, 11) is -4.25. The molecule has 1 atom stereocenters. The van der Waals surface area contributed by atoms with Gasteiger partial charge in [-0.25, -0.2) is 0 Å². The molecule has 0 fully saturated rings. The molecule has 1 unspecified atom stereocenters. The molecule has 7 heteroatoms. The van der Waals surface area contributed by atoms with Gasteiger partial charge in [-0.15, -0.1) is 0 Å². The summed E-state index contributed by atoms with van der Waals surface area (Å²) in [6, 6.07) is 19.9. The molecule has 0 saturated carbocycles. The Balaban J connectivity index is 1.91. The molecule has 0 aliphatic rings. The van der Waals surface area contributed by atoms with E-state index in [1.165, 1.54) is 24.3 Å². The van der Waals surface area contributed by atoms with E-state index < -0.39 is 21.2 Å². The van der Waals surface area contributed by atoms with Crippen molar-refractivity contribution in [3.63, 3.8) is 0 Å². The number of hydrogen-bond donors (Lipinski definition) is 1. The minimum Gasteiger partial charge on any atom is -0.768 e. The van der Waals surface area contributed by atoms with Crippen molar-refractivity contribution >= 4 is 21.2 Å². The zero-order chi connectivity index (χ0) is 18.0. The van der Waals surface area contributed by atoms with Crippen molar-refractivity contribution in [2.24, 2.45) is 0 Å². The predicted molar refractivity (Wildman–Crippen MR) is 94.3 cm³/mol. The average molecular weight is 373 g/mol. The monoisotopic (exact) mass is 373 g/mol. The Morgan fingerprint density at radius 3 is 1.72 bits per heavy atom. The smallest absolute Gasteiger partial charge is 0.294 e. The van der Waals surface area contributed by atoms with Crippen LogP contribution in [0.3, 0.4) is 0 Å². The first-order valence-corrected chi connectivity index (χ1v) is 9.74. The summed E-state index contributed by atoms with van der Waals surface area (Å²) >= 11 is -2.25. The second kappa shape index (κ2) is 6.89. The van der Waals surface area contributed by atoms with Crippen LogP contribution in [0.25, 0.3) is 22.3 Å². The molecule has 0 heterocycles. The molecule has 0 aliphatic heterocycles. The fourth-order valence-electron chi connectivity index (χ4n) is 2.45. The van der Waals surface area contributed by atoms with Gasteiger partial charge in [-0.2, -0.15) is 8.42 Å². The summed E-state index contributed by atoms with van der Waals surface area (Å²) in [5.41, 5.74) is 3.23. The molecule has 3 rings (SSSR count). The Morgan fingerprint density at radius 2 is 1.24 bits per heavy atom. The molecule has 0 aliphatic carbocycles. The third kappa shape index (κ3) is 4.02. The molecule has 5 nitrogen and oxygen atoms in total. The Bertz CT molecular complexity index is 1020. The van der Waals surface area contributed by atoms with Gasteiger partial charge in [-0.1, -0.05) is 48.5 Å². The lowest BCUT2D eigenvalue weighted by Gasteiger charge is -2.08. The van der Waals surface area contributed by atoms with Gasteiger partial charge in [0.25, 0.3) is 10.1 Å². The van der Waals surface area contributed by atoms with Gasteiger partial charge in [-0.05, 0) is 57.6 Å². The molecule has 0 bridgehead atoms. The second-order valence-electron chi connectivity index (χ2n) is 5.34. The van der Waals surface area contributed by atoms with E-state index in [4.69, 9.17) is 4.55 Å². The van der Waals surface area contributed by atoms with Crippen molar-refractivity contribution in [2.75, 3.05) is 0 Å². The minimum atomic E-state index is -4.25. The van der Waals surface area contributed by atoms with E-state index in [1.807, 2.05) is 24.3 Å². The standard InChI is InChI=1S/C18H14O5S2/c19-24(20)17-10-8-14(9-11-17)13-4-6-15(7-5-13)16-2-1-3-18(12-16)25(21,22)23/h1-12H,(H,19,20)(H,21,22,23)/p-1. The van der Waals surface area contributed by atoms with E-state index in [0.717, 1.165) is 16.7 Å². The summed E-state index contributed by atoms with van der Waals surface area (Å²) in [5, 5.41) is 0. The molecule has 0 spiro atoms. The second-order valence-corrected chi connectivity index (χ2v) is 7.70. The van der Waals surface area contributed by atoms with Crippen LogP contribution in [0, 0.1) is 0 Å². The molecule has 0 radical (unpaired) electrons. The van der Waals surface area contributed by atoms with Crippen LogP contribution in [0.1, 0.15) is 0 Å². The fourth-order valence-corrected chi connectivity index (χ4v) is 3.33. The van der Waals surface area contributed by atoms with Gasteiger partial charge >= 0.3 is 0 Å². The van der Waals surface area contributed by atoms with Gasteiger partial charge in [-0.3, -0.25) is 8.76 Å². The van der Waals surface area contributed by atoms with E-state index in [9.17, 15) is 17.2 Å². The molecule has 0 amide bonds. The highest BCUT2D eigenvalue weighted by Gasteiger charge is 2.10. The molecule has 0 saturated heterocycles. The molecular formula is C18H13O5S2-. The summed E-state index contributed by atoms with van der Waals surface area (Å²) in [6.45, 7) is 0. The minimum absolute atomic E-state index is 0.157. The zero-order valence-corrected chi connectivity index (χ0v) is 14.5. The first-order chi connectivity index (χ1) is 11.8. The molecule has 1 N–H and O–H groups in total. The van der Waals surface area contributed by atoms with Gasteiger partial charge in [0.05, 0.1) is 4.90 Å². The van der Waals surface area contributed by atoms with Crippen molar-refractivity contribution in [1.82, 2.24) is 0 Å². The summed E-state index contributed by atoms with van der Waals surface area (Å²) in [6.07, 6.45) is 0. The van der Waals surface area contributed by atoms with Gasteiger partial charge in [0.1, 0.15) is 0 Å². The van der Waals surface area contributed by atoms with Crippen LogP contribution in [0.2, 0.25) is 0 Å². The largest absolute Gasteiger partial charge is 0.768 e. The van der Waals surface area contributed by atoms with Crippen LogP contribution in [0.15, 0.2) is 82.6 Å². The lowest BCUT2D eigenvalue weighted by molar-refractivity contribution is 0.483. The van der Waals surface area contributed by atoms with Gasteiger partial charge in [0.15, 0.2) is 0 Å². The predicted octanol–water partition coefficient (Wildman–Crippen LogP) is 3.51. The average Bonchev–Trinajstić information content (AvgIpc) is 2.61. The Labute approximate surface area is 148 Å². The van der Waals surface area contributed by atoms with Crippen molar-refractivity contribution in [2.45, 2.75) is 9.79 Å². The van der Waals surface area contributed by atoms with Crippen molar-refractivity contribution in [3.05, 3.63) is 72.8 Å². The molecule has 3 aromatic carbocycles. The Hall–Kier alpha value is -2.32. The Kier molecular flexibility index (Phi) is 4.82. The van der Waals surface area contributed by atoms with Gasteiger partial charge in [0, 0.05) is 4.90 Å². The number of hydrogen-bond acceptors (Lipinski definition) is 4. The van der Waals surface area contributed by atoms with Crippen molar-refractivity contribution in [1.29, 1.82) is 0 Å². The SMILES string of the molecule is O=S([O-])c1ccc(-c2ccc(-c3cccc(S(=O)(=O)O)c3)cc2)cc1. The highest BCUT2D eigenvalue weighted by molar-refractivity contribution is 7.85. The lowest BCUT2D eigenvalue weighted by atomic mass is 10.0. The van der Waals surface area contributed by atoms with Crippen LogP contribution in [-0.2, 0) is 21.2 Å². The fraction of sp³-hybridized carbons (Fsp3) is 0. The first-order valence-electron chi connectivity index (χ1n) is 7.22. The first kappa shape index (κ1) is 17.5. The number of rotatable bonds is 4. The summed E-state index contributed by atoms with van der Waals surface area (Å²) in [5.74, 6) is 0. The quantitative estimate of drug-likeness (QED) is 0.558. The molecule has 0 aromatic heterocycles. The highest BCUT2D eigenvalue weighted by Crippen LogP contribution is 2.26. The van der Waals surface area contributed by atoms with E-state index in [2.05, 4.69) is 0 Å². The van der Waals surface area contributed by atoms with Gasteiger partial charge < -0.3 is 4.55 Å². The summed E-state index contributed by atoms with van der Waals surface area (Å²) < 4.78 is 53.4. The maximum Gasteiger partial charge on any atom is 0.294 e. The highest BCUT2D eigenvalue weighted by atomic mass is 32.2. The lowest BCUT2D eigenvalue weighted by Crippen LogP contribution is -1.97. The van der Waals surface area contributed by atoms with Crippen LogP contribution < -0.4 is 0 Å². The topological polar surface area (TPSA) is 94.5 Å². The van der Waals surface area contributed by atoms with Crippen LogP contribution >= 0.6 is 0 Å². The van der Waals surface area contributed by atoms with E-state index >= 15 is 0 Å². The van der Waals surface area contributed by atoms with E-state index in [-0.39, 0.29) is 9.79 Å². The third-order valence-corrected chi connectivity index (χ3v) is 5.24. The maximum absolute atomic E-state index is 11.2. The van der Waals surface area contributed by atoms with Crippen LogP contribution in [-0.4, -0.2) is 21.7 Å². The van der Waals surface area contributed by atoms with E-state index in [0.29, 0.717) is 5.56 Å². The zero-order valence-electron chi connectivity index (χ0n) is 12.8. The van der Waals surface area contributed by atoms with E-state index in [1.54, 1.807) is 24.3 Å².